The highest BCUT2D eigenvalue weighted by molar-refractivity contribution is 5.50. The summed E-state index contributed by atoms with van der Waals surface area (Å²) in [5.41, 5.74) is 31.9. The minimum atomic E-state index is -0.210. The Morgan fingerprint density at radius 3 is 1.26 bits per heavy atom. The Bertz CT molecular complexity index is 1130. The van der Waals surface area contributed by atoms with E-state index in [4.69, 9.17) is 22.9 Å². The third kappa shape index (κ3) is 5.52. The lowest BCUT2D eigenvalue weighted by molar-refractivity contribution is 0.443. The maximum Gasteiger partial charge on any atom is 0.0314 e. The molecule has 4 rings (SSSR count). The fourth-order valence-electron chi connectivity index (χ4n) is 4.78. The van der Waals surface area contributed by atoms with E-state index in [1.165, 1.54) is 22.3 Å². The molecule has 0 fully saturated rings. The van der Waals surface area contributed by atoms with Gasteiger partial charge in [0.25, 0.3) is 0 Å². The molecule has 0 aliphatic heterocycles. The molecule has 0 aromatic heterocycles. The zero-order valence-corrected chi connectivity index (χ0v) is 19.6. The van der Waals surface area contributed by atoms with E-state index in [0.29, 0.717) is 0 Å². The van der Waals surface area contributed by atoms with Crippen LogP contribution in [0.5, 0.6) is 0 Å². The normalized spacial score (nSPS) is 11.4. The van der Waals surface area contributed by atoms with Crippen LogP contribution in [0.15, 0.2) is 97.1 Å². The summed E-state index contributed by atoms with van der Waals surface area (Å²) in [5, 5.41) is 0. The van der Waals surface area contributed by atoms with Gasteiger partial charge < -0.3 is 22.9 Å². The van der Waals surface area contributed by atoms with Crippen LogP contribution in [0, 0.1) is 0 Å². The molecule has 4 aromatic carbocycles. The van der Waals surface area contributed by atoms with Crippen molar-refractivity contribution in [2.45, 2.75) is 37.5 Å². The fraction of sp³-hybridized carbons (Fsp3) is 0.200. The number of nitrogens with two attached hydrogens (primary N) is 4. The van der Waals surface area contributed by atoms with E-state index in [1.54, 1.807) is 0 Å². The van der Waals surface area contributed by atoms with E-state index in [9.17, 15) is 0 Å². The second kappa shape index (κ2) is 10.3. The molecule has 34 heavy (non-hydrogen) atoms. The van der Waals surface area contributed by atoms with Crippen molar-refractivity contribution in [2.24, 2.45) is 0 Å². The van der Waals surface area contributed by atoms with Gasteiger partial charge in [-0.25, -0.2) is 0 Å². The first-order chi connectivity index (χ1) is 16.4. The second-order valence-corrected chi connectivity index (χ2v) is 9.19. The highest BCUT2D eigenvalue weighted by atomic mass is 14.6. The first-order valence-electron chi connectivity index (χ1n) is 11.9. The molecule has 8 N–H and O–H groups in total. The molecule has 0 atom stereocenters. The molecule has 0 aliphatic carbocycles. The Morgan fingerprint density at radius 2 is 0.824 bits per heavy atom. The highest BCUT2D eigenvalue weighted by Gasteiger charge is 2.34. The van der Waals surface area contributed by atoms with Crippen LogP contribution in [0.4, 0.5) is 22.7 Å². The van der Waals surface area contributed by atoms with Gasteiger partial charge in [0.1, 0.15) is 0 Å². The van der Waals surface area contributed by atoms with Crippen molar-refractivity contribution in [3.8, 4) is 0 Å². The molecule has 0 heterocycles. The van der Waals surface area contributed by atoms with Crippen molar-refractivity contribution in [3.05, 3.63) is 119 Å². The summed E-state index contributed by atoms with van der Waals surface area (Å²) in [4.78, 5) is 0. The van der Waals surface area contributed by atoms with Gasteiger partial charge in [-0.05, 0) is 96.5 Å². The highest BCUT2D eigenvalue weighted by Crippen LogP contribution is 2.41. The fourth-order valence-corrected chi connectivity index (χ4v) is 4.78. The van der Waals surface area contributed by atoms with Crippen LogP contribution in [0.25, 0.3) is 0 Å². The summed E-state index contributed by atoms with van der Waals surface area (Å²) in [6.45, 7) is 0. The van der Waals surface area contributed by atoms with Crippen LogP contribution in [0.2, 0.25) is 0 Å². The molecule has 4 nitrogen and oxygen atoms in total. The smallest absolute Gasteiger partial charge is 0.0314 e. The van der Waals surface area contributed by atoms with Crippen molar-refractivity contribution in [1.82, 2.24) is 0 Å². The van der Waals surface area contributed by atoms with E-state index < -0.39 is 0 Å². The van der Waals surface area contributed by atoms with Crippen LogP contribution < -0.4 is 22.9 Å². The minimum absolute atomic E-state index is 0.210. The zero-order chi connectivity index (χ0) is 24.0. The molecule has 0 aliphatic rings. The molecule has 0 unspecified atom stereocenters. The van der Waals surface area contributed by atoms with E-state index in [-0.39, 0.29) is 5.41 Å². The van der Waals surface area contributed by atoms with Crippen LogP contribution >= 0.6 is 0 Å². The molecule has 174 valence electrons. The average Bonchev–Trinajstić information content (AvgIpc) is 2.84. The van der Waals surface area contributed by atoms with E-state index in [1.807, 2.05) is 48.5 Å². The lowest BCUT2D eigenvalue weighted by Gasteiger charge is -2.36. The third-order valence-electron chi connectivity index (χ3n) is 6.71. The third-order valence-corrected chi connectivity index (χ3v) is 6.71. The Hall–Kier alpha value is -3.92. The van der Waals surface area contributed by atoms with Crippen LogP contribution in [0.3, 0.4) is 0 Å². The molecule has 0 saturated heterocycles. The summed E-state index contributed by atoms with van der Waals surface area (Å²) in [6.07, 6.45) is 5.07. The predicted molar refractivity (Wildman–Crippen MR) is 145 cm³/mol. The Balaban J connectivity index is 1.68. The molecule has 4 aromatic rings. The SMILES string of the molecule is Nc1ccc(CCCCC(Cc2ccc(N)cc2)(c2ccc(N)cc2)c2ccc(N)cc2)cc1. The number of unbranched alkanes of at least 4 members (excludes halogenated alkanes) is 1. The molecule has 0 bridgehead atoms. The van der Waals surface area contributed by atoms with Gasteiger partial charge >= 0.3 is 0 Å². The van der Waals surface area contributed by atoms with Gasteiger partial charge in [-0.2, -0.15) is 0 Å². The summed E-state index contributed by atoms with van der Waals surface area (Å²) in [6, 6.07) is 33.1. The van der Waals surface area contributed by atoms with Gasteiger partial charge in [-0.15, -0.1) is 0 Å². The van der Waals surface area contributed by atoms with Crippen molar-refractivity contribution in [2.75, 3.05) is 22.9 Å². The topological polar surface area (TPSA) is 104 Å². The summed E-state index contributed by atoms with van der Waals surface area (Å²) >= 11 is 0. The number of benzene rings is 4. The van der Waals surface area contributed by atoms with Gasteiger partial charge in [0.05, 0.1) is 0 Å². The van der Waals surface area contributed by atoms with Crippen LogP contribution in [-0.4, -0.2) is 0 Å². The largest absolute Gasteiger partial charge is 0.399 e. The Morgan fingerprint density at radius 1 is 0.441 bits per heavy atom. The average molecular weight is 451 g/mol. The molecule has 4 heteroatoms. The number of hydrogen-bond donors (Lipinski definition) is 4. The van der Waals surface area contributed by atoms with E-state index >= 15 is 0 Å². The van der Waals surface area contributed by atoms with Crippen LogP contribution in [-0.2, 0) is 18.3 Å². The van der Waals surface area contributed by atoms with Gasteiger partial charge in [0.2, 0.25) is 0 Å². The van der Waals surface area contributed by atoms with Gasteiger partial charge in [0.15, 0.2) is 0 Å². The van der Waals surface area contributed by atoms with Crippen molar-refractivity contribution < 1.29 is 0 Å². The standard InChI is InChI=1S/C30H34N4/c31-26-12-4-22(5-13-26)3-1-2-20-30(24-8-16-28(33)17-9-24,25-10-18-29(34)19-11-25)21-23-6-14-27(32)15-7-23/h4-19H,1-3,20-21,31-34H2. The maximum absolute atomic E-state index is 6.06. The van der Waals surface area contributed by atoms with Gasteiger partial charge in [0, 0.05) is 28.2 Å². The minimum Gasteiger partial charge on any atom is -0.399 e. The van der Waals surface area contributed by atoms with E-state index in [2.05, 4.69) is 48.5 Å². The summed E-state index contributed by atoms with van der Waals surface area (Å²) < 4.78 is 0. The van der Waals surface area contributed by atoms with Crippen molar-refractivity contribution in [3.63, 3.8) is 0 Å². The Kier molecular flexibility index (Phi) is 7.07. The molecule has 0 saturated carbocycles. The van der Waals surface area contributed by atoms with Crippen LogP contribution in [0.1, 0.15) is 41.5 Å². The number of aryl methyl sites for hydroxylation is 1. The number of nitrogen functional groups attached to an aromatic ring is 4. The molecular formula is C30H34N4. The lowest BCUT2D eigenvalue weighted by Crippen LogP contribution is -2.31. The summed E-state index contributed by atoms with van der Waals surface area (Å²) in [7, 11) is 0. The quantitative estimate of drug-likeness (QED) is 0.187. The molecular weight excluding hydrogens is 416 g/mol. The zero-order valence-electron chi connectivity index (χ0n) is 19.6. The molecule has 0 radical (unpaired) electrons. The van der Waals surface area contributed by atoms with Gasteiger partial charge in [-0.3, -0.25) is 0 Å². The number of anilines is 4. The van der Waals surface area contributed by atoms with Crippen molar-refractivity contribution in [1.29, 1.82) is 0 Å². The number of rotatable bonds is 9. The van der Waals surface area contributed by atoms with Gasteiger partial charge in [-0.1, -0.05) is 55.0 Å². The Labute approximate surface area is 202 Å². The summed E-state index contributed by atoms with van der Waals surface area (Å²) in [5.74, 6) is 0. The predicted octanol–water partition coefficient (Wildman–Crippen LogP) is 5.96. The van der Waals surface area contributed by atoms with Crippen molar-refractivity contribution >= 4 is 22.7 Å². The second-order valence-electron chi connectivity index (χ2n) is 9.19. The first kappa shape index (κ1) is 23.2. The monoisotopic (exact) mass is 450 g/mol. The molecule has 0 spiro atoms. The first-order valence-corrected chi connectivity index (χ1v) is 11.9. The maximum atomic E-state index is 6.06. The lowest BCUT2D eigenvalue weighted by atomic mass is 9.67. The molecule has 0 amide bonds. The number of hydrogen-bond acceptors (Lipinski definition) is 4. The van der Waals surface area contributed by atoms with E-state index in [0.717, 1.165) is 54.9 Å².